The van der Waals surface area contributed by atoms with Gasteiger partial charge in [0.15, 0.2) is 0 Å². The number of nitrogens with one attached hydrogen (secondary N) is 2. The molecule has 6 nitrogen and oxygen atoms in total. The molecule has 6 heteroatoms. The third-order valence-corrected chi connectivity index (χ3v) is 1.48. The van der Waals surface area contributed by atoms with E-state index < -0.39 is 6.03 Å². The summed E-state index contributed by atoms with van der Waals surface area (Å²) in [6.45, 7) is 2.20. The topological polar surface area (TPSA) is 93.2 Å². The van der Waals surface area contributed by atoms with Gasteiger partial charge in [0.2, 0.25) is 5.89 Å². The average Bonchev–Trinajstić information content (AvgIpc) is 2.61. The first-order chi connectivity index (χ1) is 6.26. The normalized spacial score (nSPS) is 9.69. The lowest BCUT2D eigenvalue weighted by Crippen LogP contribution is -2.39. The summed E-state index contributed by atoms with van der Waals surface area (Å²) in [4.78, 5) is 14.6. The molecule has 1 aromatic heterocycles. The van der Waals surface area contributed by atoms with Crippen LogP contribution in [0.25, 0.3) is 0 Å². The monoisotopic (exact) mass is 184 g/mol. The van der Waals surface area contributed by atoms with E-state index in [1.807, 2.05) is 12.3 Å². The number of aromatic nitrogens is 1. The van der Waals surface area contributed by atoms with Crippen LogP contribution in [0.5, 0.6) is 0 Å². The van der Waals surface area contributed by atoms with Gasteiger partial charge >= 0.3 is 6.03 Å². The standard InChI is InChI=1S/C7H12N4O2/c1-2-5-3-9-6(13-5)4-10-7(12)11-8/h3H,2,4,8H2,1H3,(H2,10,11,12). The smallest absolute Gasteiger partial charge is 0.329 e. The fraction of sp³-hybridized carbons (Fsp3) is 0.429. The highest BCUT2D eigenvalue weighted by molar-refractivity contribution is 5.72. The minimum absolute atomic E-state index is 0.239. The van der Waals surface area contributed by atoms with E-state index in [0.29, 0.717) is 5.89 Å². The molecule has 0 saturated heterocycles. The summed E-state index contributed by atoms with van der Waals surface area (Å²) < 4.78 is 5.23. The summed E-state index contributed by atoms with van der Waals surface area (Å²) in [7, 11) is 0. The van der Waals surface area contributed by atoms with E-state index in [0.717, 1.165) is 12.2 Å². The molecule has 0 spiro atoms. The van der Waals surface area contributed by atoms with Crippen molar-refractivity contribution in [1.29, 1.82) is 0 Å². The average molecular weight is 184 g/mol. The Morgan fingerprint density at radius 1 is 1.77 bits per heavy atom. The molecule has 13 heavy (non-hydrogen) atoms. The fourth-order valence-corrected chi connectivity index (χ4v) is 0.800. The Kier molecular flexibility index (Phi) is 3.27. The van der Waals surface area contributed by atoms with Gasteiger partial charge in [0.05, 0.1) is 12.7 Å². The molecule has 2 amide bonds. The van der Waals surface area contributed by atoms with Gasteiger partial charge in [-0.15, -0.1) is 0 Å². The number of aryl methyl sites for hydroxylation is 1. The van der Waals surface area contributed by atoms with Gasteiger partial charge in [-0.05, 0) is 0 Å². The van der Waals surface area contributed by atoms with Crippen LogP contribution in [0.15, 0.2) is 10.6 Å². The summed E-state index contributed by atoms with van der Waals surface area (Å²) >= 11 is 0. The molecule has 0 aliphatic heterocycles. The quantitative estimate of drug-likeness (QED) is 0.347. The fourth-order valence-electron chi connectivity index (χ4n) is 0.800. The molecule has 0 aliphatic rings. The number of hydrogen-bond acceptors (Lipinski definition) is 4. The SMILES string of the molecule is CCc1cnc(CNC(=O)NN)o1. The van der Waals surface area contributed by atoms with Crippen LogP contribution in [-0.2, 0) is 13.0 Å². The largest absolute Gasteiger partial charge is 0.444 e. The summed E-state index contributed by atoms with van der Waals surface area (Å²) in [5.41, 5.74) is 1.94. The number of carbonyl (C=O) groups excluding carboxylic acids is 1. The number of carbonyl (C=O) groups is 1. The Morgan fingerprint density at radius 2 is 2.54 bits per heavy atom. The van der Waals surface area contributed by atoms with Crippen molar-refractivity contribution in [1.82, 2.24) is 15.7 Å². The second kappa shape index (κ2) is 4.46. The van der Waals surface area contributed by atoms with E-state index in [1.54, 1.807) is 6.20 Å². The predicted molar refractivity (Wildman–Crippen MR) is 45.4 cm³/mol. The molecule has 4 N–H and O–H groups in total. The molecule has 0 aliphatic carbocycles. The highest BCUT2D eigenvalue weighted by atomic mass is 16.4. The number of rotatable bonds is 3. The molecule has 0 atom stereocenters. The lowest BCUT2D eigenvalue weighted by atomic mass is 10.4. The Labute approximate surface area is 75.5 Å². The first-order valence-corrected chi connectivity index (χ1v) is 3.94. The van der Waals surface area contributed by atoms with Crippen LogP contribution in [0.2, 0.25) is 0 Å². The van der Waals surface area contributed by atoms with Gasteiger partial charge in [-0.2, -0.15) is 0 Å². The number of hydrazine groups is 1. The second-order valence-corrected chi connectivity index (χ2v) is 2.40. The zero-order valence-corrected chi connectivity index (χ0v) is 7.33. The van der Waals surface area contributed by atoms with Crippen LogP contribution >= 0.6 is 0 Å². The minimum Gasteiger partial charge on any atom is -0.444 e. The molecule has 1 aromatic rings. The van der Waals surface area contributed by atoms with E-state index in [1.165, 1.54) is 0 Å². The number of nitrogens with two attached hydrogens (primary N) is 1. The van der Waals surface area contributed by atoms with Crippen molar-refractivity contribution in [3.8, 4) is 0 Å². The third kappa shape index (κ3) is 2.75. The molecular formula is C7H12N4O2. The molecule has 0 radical (unpaired) electrons. The maximum Gasteiger partial charge on any atom is 0.329 e. The number of urea groups is 1. The minimum atomic E-state index is -0.462. The van der Waals surface area contributed by atoms with Gasteiger partial charge in [0.25, 0.3) is 0 Å². The molecule has 1 heterocycles. The van der Waals surface area contributed by atoms with E-state index in [9.17, 15) is 4.79 Å². The summed E-state index contributed by atoms with van der Waals surface area (Å²) in [5.74, 6) is 6.12. The van der Waals surface area contributed by atoms with Crippen LogP contribution < -0.4 is 16.6 Å². The highest BCUT2D eigenvalue weighted by Crippen LogP contribution is 2.03. The van der Waals surface area contributed by atoms with Crippen molar-refractivity contribution >= 4 is 6.03 Å². The number of nitrogens with zero attached hydrogens (tertiary/aromatic N) is 1. The van der Waals surface area contributed by atoms with Crippen LogP contribution in [-0.4, -0.2) is 11.0 Å². The molecular weight excluding hydrogens is 172 g/mol. The van der Waals surface area contributed by atoms with Crippen molar-refractivity contribution in [2.45, 2.75) is 19.9 Å². The van der Waals surface area contributed by atoms with Gasteiger partial charge in [-0.3, -0.25) is 5.43 Å². The van der Waals surface area contributed by atoms with Gasteiger partial charge < -0.3 is 9.73 Å². The Balaban J connectivity index is 2.41. The molecule has 0 aromatic carbocycles. The summed E-state index contributed by atoms with van der Waals surface area (Å²) in [5, 5.41) is 2.45. The zero-order valence-electron chi connectivity index (χ0n) is 7.33. The lowest BCUT2D eigenvalue weighted by molar-refractivity contribution is 0.239. The highest BCUT2D eigenvalue weighted by Gasteiger charge is 2.03. The lowest BCUT2D eigenvalue weighted by Gasteiger charge is -1.99. The van der Waals surface area contributed by atoms with Crippen LogP contribution in [0.4, 0.5) is 4.79 Å². The first kappa shape index (κ1) is 9.53. The maximum atomic E-state index is 10.6. The molecule has 0 saturated carbocycles. The van der Waals surface area contributed by atoms with Crippen molar-refractivity contribution in [3.05, 3.63) is 17.8 Å². The first-order valence-electron chi connectivity index (χ1n) is 3.94. The summed E-state index contributed by atoms with van der Waals surface area (Å²) in [6.07, 6.45) is 2.42. The number of hydrogen-bond donors (Lipinski definition) is 3. The van der Waals surface area contributed by atoms with Gasteiger partial charge in [0, 0.05) is 6.42 Å². The van der Waals surface area contributed by atoms with Crippen LogP contribution in [0.1, 0.15) is 18.6 Å². The third-order valence-electron chi connectivity index (χ3n) is 1.48. The number of oxazole rings is 1. The molecule has 1 rings (SSSR count). The Bertz CT molecular complexity index is 284. The van der Waals surface area contributed by atoms with Crippen molar-refractivity contribution in [2.75, 3.05) is 0 Å². The van der Waals surface area contributed by atoms with Gasteiger partial charge in [0.1, 0.15) is 5.76 Å². The Hall–Kier alpha value is -1.56. The predicted octanol–water partition coefficient (Wildman–Crippen LogP) is -0.0901. The maximum absolute atomic E-state index is 10.6. The van der Waals surface area contributed by atoms with E-state index in [-0.39, 0.29) is 6.54 Å². The van der Waals surface area contributed by atoms with Crippen molar-refractivity contribution < 1.29 is 9.21 Å². The van der Waals surface area contributed by atoms with Crippen LogP contribution in [0.3, 0.4) is 0 Å². The van der Waals surface area contributed by atoms with E-state index >= 15 is 0 Å². The van der Waals surface area contributed by atoms with E-state index in [4.69, 9.17) is 10.3 Å². The van der Waals surface area contributed by atoms with Gasteiger partial charge in [-0.25, -0.2) is 15.6 Å². The van der Waals surface area contributed by atoms with Crippen molar-refractivity contribution in [2.24, 2.45) is 5.84 Å². The number of amides is 2. The van der Waals surface area contributed by atoms with E-state index in [2.05, 4.69) is 10.3 Å². The van der Waals surface area contributed by atoms with Crippen molar-refractivity contribution in [3.63, 3.8) is 0 Å². The molecule has 0 unspecified atom stereocenters. The Morgan fingerprint density at radius 3 is 3.08 bits per heavy atom. The van der Waals surface area contributed by atoms with Crippen LogP contribution in [0, 0.1) is 0 Å². The zero-order chi connectivity index (χ0) is 9.68. The summed E-state index contributed by atoms with van der Waals surface area (Å²) in [6, 6.07) is -0.462. The molecule has 72 valence electrons. The second-order valence-electron chi connectivity index (χ2n) is 2.40. The molecule has 0 bridgehead atoms. The van der Waals surface area contributed by atoms with Gasteiger partial charge in [-0.1, -0.05) is 6.92 Å². The molecule has 0 fully saturated rings.